The van der Waals surface area contributed by atoms with Crippen LogP contribution in [0.15, 0.2) is 36.5 Å². The van der Waals surface area contributed by atoms with Gasteiger partial charge in [-0.3, -0.25) is 4.68 Å². The molecule has 0 fully saturated rings. The van der Waals surface area contributed by atoms with E-state index in [0.29, 0.717) is 6.54 Å². The van der Waals surface area contributed by atoms with Crippen molar-refractivity contribution in [2.75, 3.05) is 0 Å². The first-order valence-corrected chi connectivity index (χ1v) is 6.79. The molecule has 1 aromatic carbocycles. The number of benzene rings is 1. The Labute approximate surface area is 110 Å². The van der Waals surface area contributed by atoms with Gasteiger partial charge in [0.15, 0.2) is 0 Å². The van der Waals surface area contributed by atoms with E-state index in [0.717, 1.165) is 6.54 Å². The SMILES string of the molecule is Cc1ccnn1Cc1c(CN)sc2ccccc12. The number of hydrogen-bond donors (Lipinski definition) is 1. The van der Waals surface area contributed by atoms with Gasteiger partial charge < -0.3 is 5.73 Å². The van der Waals surface area contributed by atoms with E-state index < -0.39 is 0 Å². The minimum absolute atomic E-state index is 0.592. The molecule has 18 heavy (non-hydrogen) atoms. The van der Waals surface area contributed by atoms with Crippen molar-refractivity contribution in [1.29, 1.82) is 0 Å². The van der Waals surface area contributed by atoms with Gasteiger partial charge in [-0.1, -0.05) is 18.2 Å². The van der Waals surface area contributed by atoms with E-state index in [4.69, 9.17) is 5.73 Å². The van der Waals surface area contributed by atoms with E-state index in [1.807, 2.05) is 16.9 Å². The van der Waals surface area contributed by atoms with E-state index in [2.05, 4.69) is 36.3 Å². The number of aromatic nitrogens is 2. The van der Waals surface area contributed by atoms with Crippen molar-refractivity contribution in [3.05, 3.63) is 52.7 Å². The number of aryl methyl sites for hydroxylation is 1. The van der Waals surface area contributed by atoms with Gasteiger partial charge in [0.25, 0.3) is 0 Å². The van der Waals surface area contributed by atoms with Crippen molar-refractivity contribution in [3.63, 3.8) is 0 Å². The van der Waals surface area contributed by atoms with Crippen LogP contribution in [0.5, 0.6) is 0 Å². The zero-order valence-electron chi connectivity index (χ0n) is 10.3. The molecular weight excluding hydrogens is 242 g/mol. The number of nitrogens with two attached hydrogens (primary N) is 1. The molecule has 0 aliphatic heterocycles. The second-order valence-corrected chi connectivity index (χ2v) is 5.47. The van der Waals surface area contributed by atoms with Gasteiger partial charge >= 0.3 is 0 Å². The van der Waals surface area contributed by atoms with Crippen molar-refractivity contribution in [1.82, 2.24) is 9.78 Å². The van der Waals surface area contributed by atoms with E-state index in [1.165, 1.54) is 26.2 Å². The summed E-state index contributed by atoms with van der Waals surface area (Å²) in [6, 6.07) is 10.5. The molecule has 0 spiro atoms. The minimum atomic E-state index is 0.592. The van der Waals surface area contributed by atoms with Crippen LogP contribution in [0.3, 0.4) is 0 Å². The van der Waals surface area contributed by atoms with E-state index in [-0.39, 0.29) is 0 Å². The maximum absolute atomic E-state index is 5.86. The number of hydrogen-bond acceptors (Lipinski definition) is 3. The lowest BCUT2D eigenvalue weighted by molar-refractivity contribution is 0.665. The maximum atomic E-state index is 5.86. The van der Waals surface area contributed by atoms with Crippen LogP contribution in [0.1, 0.15) is 16.1 Å². The summed E-state index contributed by atoms with van der Waals surface area (Å²) < 4.78 is 3.32. The molecule has 92 valence electrons. The Bertz CT molecular complexity index is 681. The second kappa shape index (κ2) is 4.55. The highest BCUT2D eigenvalue weighted by molar-refractivity contribution is 7.19. The van der Waals surface area contributed by atoms with Gasteiger partial charge in [-0.05, 0) is 30.0 Å². The third-order valence-electron chi connectivity index (χ3n) is 3.20. The summed E-state index contributed by atoms with van der Waals surface area (Å²) in [7, 11) is 0. The van der Waals surface area contributed by atoms with Crippen molar-refractivity contribution < 1.29 is 0 Å². The van der Waals surface area contributed by atoms with Crippen LogP contribution in [0.2, 0.25) is 0 Å². The third kappa shape index (κ3) is 1.83. The Morgan fingerprint density at radius 3 is 2.83 bits per heavy atom. The molecule has 0 aliphatic carbocycles. The van der Waals surface area contributed by atoms with E-state index >= 15 is 0 Å². The number of fused-ring (bicyclic) bond motifs is 1. The topological polar surface area (TPSA) is 43.8 Å². The second-order valence-electron chi connectivity index (χ2n) is 4.33. The number of rotatable bonds is 3. The fourth-order valence-electron chi connectivity index (χ4n) is 2.20. The molecular formula is C14H15N3S. The first kappa shape index (κ1) is 11.4. The van der Waals surface area contributed by atoms with Crippen LogP contribution in [0, 0.1) is 6.92 Å². The van der Waals surface area contributed by atoms with Crippen molar-refractivity contribution in [2.24, 2.45) is 5.73 Å². The molecule has 0 aliphatic rings. The Balaban J connectivity index is 2.12. The highest BCUT2D eigenvalue weighted by Gasteiger charge is 2.12. The highest BCUT2D eigenvalue weighted by Crippen LogP contribution is 2.31. The van der Waals surface area contributed by atoms with Crippen molar-refractivity contribution in [3.8, 4) is 0 Å². The maximum Gasteiger partial charge on any atom is 0.0679 e. The molecule has 4 heteroatoms. The molecule has 0 atom stereocenters. The molecule has 0 bridgehead atoms. The molecule has 0 saturated heterocycles. The first-order valence-electron chi connectivity index (χ1n) is 5.97. The summed E-state index contributed by atoms with van der Waals surface area (Å²) in [5.74, 6) is 0. The van der Waals surface area contributed by atoms with Crippen LogP contribution >= 0.6 is 11.3 Å². The summed E-state index contributed by atoms with van der Waals surface area (Å²) in [5, 5.41) is 5.66. The van der Waals surface area contributed by atoms with Crippen LogP contribution < -0.4 is 5.73 Å². The fraction of sp³-hybridized carbons (Fsp3) is 0.214. The first-order chi connectivity index (χ1) is 8.79. The average molecular weight is 257 g/mol. The molecule has 2 N–H and O–H groups in total. The smallest absolute Gasteiger partial charge is 0.0679 e. The highest BCUT2D eigenvalue weighted by atomic mass is 32.1. The molecule has 0 amide bonds. The molecule has 2 heterocycles. The van der Waals surface area contributed by atoms with Crippen molar-refractivity contribution >= 4 is 21.4 Å². The molecule has 3 rings (SSSR count). The Morgan fingerprint density at radius 2 is 2.11 bits per heavy atom. The standard InChI is InChI=1S/C14H15N3S/c1-10-6-7-16-17(10)9-12-11-4-2-3-5-13(11)18-14(12)8-15/h2-7H,8-9,15H2,1H3. The summed E-state index contributed by atoms with van der Waals surface area (Å²) in [6.45, 7) is 3.47. The van der Waals surface area contributed by atoms with E-state index in [1.54, 1.807) is 11.3 Å². The van der Waals surface area contributed by atoms with Crippen LogP contribution in [-0.2, 0) is 13.1 Å². The Hall–Kier alpha value is -1.65. The Morgan fingerprint density at radius 1 is 1.28 bits per heavy atom. The summed E-state index contributed by atoms with van der Waals surface area (Å²) >= 11 is 1.79. The molecule has 3 nitrogen and oxygen atoms in total. The van der Waals surface area contributed by atoms with Crippen LogP contribution in [0.4, 0.5) is 0 Å². The van der Waals surface area contributed by atoms with E-state index in [9.17, 15) is 0 Å². The monoisotopic (exact) mass is 257 g/mol. The largest absolute Gasteiger partial charge is 0.326 e. The number of nitrogens with zero attached hydrogens (tertiary/aromatic N) is 2. The van der Waals surface area contributed by atoms with Crippen LogP contribution in [-0.4, -0.2) is 9.78 Å². The Kier molecular flexibility index (Phi) is 2.89. The lowest BCUT2D eigenvalue weighted by Gasteiger charge is -2.06. The van der Waals surface area contributed by atoms with Crippen LogP contribution in [0.25, 0.3) is 10.1 Å². The minimum Gasteiger partial charge on any atom is -0.326 e. The lowest BCUT2D eigenvalue weighted by atomic mass is 10.1. The zero-order chi connectivity index (χ0) is 12.5. The summed E-state index contributed by atoms with van der Waals surface area (Å²) in [6.07, 6.45) is 1.84. The van der Waals surface area contributed by atoms with Gasteiger partial charge in [-0.2, -0.15) is 5.10 Å². The molecule has 3 aromatic rings. The molecule has 2 aromatic heterocycles. The van der Waals surface area contributed by atoms with Gasteiger partial charge in [-0.15, -0.1) is 11.3 Å². The average Bonchev–Trinajstić information content (AvgIpc) is 2.95. The van der Waals surface area contributed by atoms with Gasteiger partial charge in [-0.25, -0.2) is 0 Å². The zero-order valence-corrected chi connectivity index (χ0v) is 11.1. The molecule has 0 radical (unpaired) electrons. The van der Waals surface area contributed by atoms with Gasteiger partial charge in [0, 0.05) is 28.0 Å². The molecule has 0 unspecified atom stereocenters. The number of thiophene rings is 1. The third-order valence-corrected chi connectivity index (χ3v) is 4.44. The molecule has 0 saturated carbocycles. The summed E-state index contributed by atoms with van der Waals surface area (Å²) in [4.78, 5) is 1.26. The van der Waals surface area contributed by atoms with Crippen molar-refractivity contribution in [2.45, 2.75) is 20.0 Å². The predicted molar refractivity (Wildman–Crippen MR) is 75.8 cm³/mol. The quantitative estimate of drug-likeness (QED) is 0.784. The predicted octanol–water partition coefficient (Wildman–Crippen LogP) is 2.91. The van der Waals surface area contributed by atoms with Gasteiger partial charge in [0.1, 0.15) is 0 Å². The lowest BCUT2D eigenvalue weighted by Crippen LogP contribution is -2.06. The fourth-order valence-corrected chi connectivity index (χ4v) is 3.30. The van der Waals surface area contributed by atoms with Gasteiger partial charge in [0.05, 0.1) is 6.54 Å². The normalized spacial score (nSPS) is 11.2. The summed E-state index contributed by atoms with van der Waals surface area (Å²) in [5.41, 5.74) is 8.35. The van der Waals surface area contributed by atoms with Gasteiger partial charge in [0.2, 0.25) is 0 Å².